The van der Waals surface area contributed by atoms with Crippen molar-refractivity contribution in [2.45, 2.75) is 52.0 Å². The van der Waals surface area contributed by atoms with Crippen molar-refractivity contribution in [3.8, 4) is 0 Å². The molecule has 0 fully saturated rings. The first-order valence-corrected chi connectivity index (χ1v) is 8.78. The third-order valence-corrected chi connectivity index (χ3v) is 4.01. The van der Waals surface area contributed by atoms with Gasteiger partial charge in [0.25, 0.3) is 0 Å². The highest BCUT2D eigenvalue weighted by Gasteiger charge is 2.14. The van der Waals surface area contributed by atoms with Crippen LogP contribution in [0.5, 0.6) is 0 Å². The van der Waals surface area contributed by atoms with Gasteiger partial charge in [-0.3, -0.25) is 4.99 Å². The average molecular weight is 322 g/mol. The van der Waals surface area contributed by atoms with E-state index in [1.54, 1.807) is 7.05 Å². The van der Waals surface area contributed by atoms with Crippen LogP contribution in [0.1, 0.15) is 44.3 Å². The van der Waals surface area contributed by atoms with Gasteiger partial charge in [0, 0.05) is 52.7 Å². The molecule has 1 aliphatic heterocycles. The van der Waals surface area contributed by atoms with E-state index in [4.69, 9.17) is 4.74 Å². The third-order valence-electron chi connectivity index (χ3n) is 4.01. The van der Waals surface area contributed by atoms with E-state index in [9.17, 15) is 0 Å². The zero-order valence-corrected chi connectivity index (χ0v) is 14.5. The summed E-state index contributed by atoms with van der Waals surface area (Å²) in [6.45, 7) is 6.30. The average Bonchev–Trinajstić information content (AvgIpc) is 2.80. The zero-order chi connectivity index (χ0) is 16.3. The van der Waals surface area contributed by atoms with E-state index in [0.29, 0.717) is 0 Å². The number of nitrogens with zero attached hydrogens (tertiary/aromatic N) is 4. The first-order valence-electron chi connectivity index (χ1n) is 8.78. The standard InChI is InChI=1S/C16H30N6O/c1-3-23-13-7-10-18-16(17-2)19-11-9-15-21-20-14-8-5-4-6-12-22(14)15/h3-13H2,1-2H3,(H2,17,18,19). The van der Waals surface area contributed by atoms with Crippen molar-refractivity contribution in [3.63, 3.8) is 0 Å². The van der Waals surface area contributed by atoms with Crippen molar-refractivity contribution in [3.05, 3.63) is 11.6 Å². The fraction of sp³-hybridized carbons (Fsp3) is 0.812. The molecule has 7 heteroatoms. The number of hydrogen-bond donors (Lipinski definition) is 2. The van der Waals surface area contributed by atoms with Gasteiger partial charge >= 0.3 is 0 Å². The van der Waals surface area contributed by atoms with E-state index in [1.807, 2.05) is 6.92 Å². The summed E-state index contributed by atoms with van der Waals surface area (Å²) in [5, 5.41) is 15.3. The highest BCUT2D eigenvalue weighted by molar-refractivity contribution is 5.79. The van der Waals surface area contributed by atoms with Gasteiger partial charge < -0.3 is 19.9 Å². The lowest BCUT2D eigenvalue weighted by Gasteiger charge is -2.12. The summed E-state index contributed by atoms with van der Waals surface area (Å²) >= 11 is 0. The molecule has 0 spiro atoms. The number of nitrogens with one attached hydrogen (secondary N) is 2. The van der Waals surface area contributed by atoms with Gasteiger partial charge in [0.1, 0.15) is 11.6 Å². The molecule has 0 radical (unpaired) electrons. The van der Waals surface area contributed by atoms with Crippen molar-refractivity contribution in [1.29, 1.82) is 0 Å². The van der Waals surface area contributed by atoms with Crippen LogP contribution in [0.4, 0.5) is 0 Å². The van der Waals surface area contributed by atoms with Crippen LogP contribution >= 0.6 is 0 Å². The summed E-state index contributed by atoms with van der Waals surface area (Å²) in [5.74, 6) is 3.06. The van der Waals surface area contributed by atoms with Crippen LogP contribution in [-0.2, 0) is 24.1 Å². The summed E-state index contributed by atoms with van der Waals surface area (Å²) < 4.78 is 7.62. The molecule has 0 saturated heterocycles. The molecule has 0 unspecified atom stereocenters. The lowest BCUT2D eigenvalue weighted by Crippen LogP contribution is -2.39. The number of aryl methyl sites for hydroxylation is 1. The largest absolute Gasteiger partial charge is 0.382 e. The van der Waals surface area contributed by atoms with Gasteiger partial charge in [-0.25, -0.2) is 0 Å². The van der Waals surface area contributed by atoms with E-state index in [1.165, 1.54) is 19.3 Å². The lowest BCUT2D eigenvalue weighted by atomic mass is 10.2. The van der Waals surface area contributed by atoms with E-state index >= 15 is 0 Å². The summed E-state index contributed by atoms with van der Waals surface area (Å²) in [6, 6.07) is 0. The van der Waals surface area contributed by atoms with Crippen molar-refractivity contribution in [1.82, 2.24) is 25.4 Å². The van der Waals surface area contributed by atoms with Gasteiger partial charge in [0.05, 0.1) is 0 Å². The molecule has 23 heavy (non-hydrogen) atoms. The van der Waals surface area contributed by atoms with Crippen molar-refractivity contribution in [2.24, 2.45) is 4.99 Å². The molecule has 0 aromatic carbocycles. The second kappa shape index (κ2) is 10.2. The monoisotopic (exact) mass is 322 g/mol. The zero-order valence-electron chi connectivity index (χ0n) is 14.5. The Morgan fingerprint density at radius 2 is 2.09 bits per heavy atom. The van der Waals surface area contributed by atoms with Gasteiger partial charge in [-0.05, 0) is 26.2 Å². The van der Waals surface area contributed by atoms with Gasteiger partial charge in [0.15, 0.2) is 5.96 Å². The highest BCUT2D eigenvalue weighted by atomic mass is 16.5. The lowest BCUT2D eigenvalue weighted by molar-refractivity contribution is 0.145. The van der Waals surface area contributed by atoms with Crippen molar-refractivity contribution >= 4 is 5.96 Å². The predicted molar refractivity (Wildman–Crippen MR) is 91.8 cm³/mol. The molecule has 130 valence electrons. The minimum atomic E-state index is 0.773. The molecular weight excluding hydrogens is 292 g/mol. The Morgan fingerprint density at radius 3 is 2.91 bits per heavy atom. The normalized spacial score (nSPS) is 15.1. The SMILES string of the molecule is CCOCCCNC(=NC)NCCc1nnc2n1CCCCC2. The molecule has 2 N–H and O–H groups in total. The highest BCUT2D eigenvalue weighted by Crippen LogP contribution is 2.14. The van der Waals surface area contributed by atoms with E-state index in [2.05, 4.69) is 30.4 Å². The number of ether oxygens (including phenoxy) is 1. The fourth-order valence-electron chi connectivity index (χ4n) is 2.77. The maximum atomic E-state index is 5.32. The molecule has 2 rings (SSSR count). The van der Waals surface area contributed by atoms with Crippen molar-refractivity contribution in [2.75, 3.05) is 33.4 Å². The maximum Gasteiger partial charge on any atom is 0.190 e. The maximum absolute atomic E-state index is 5.32. The van der Waals surface area contributed by atoms with Crippen LogP contribution in [0.25, 0.3) is 0 Å². The minimum absolute atomic E-state index is 0.773. The van der Waals surface area contributed by atoms with Crippen LogP contribution in [-0.4, -0.2) is 54.1 Å². The van der Waals surface area contributed by atoms with E-state index in [-0.39, 0.29) is 0 Å². The Kier molecular flexibility index (Phi) is 7.86. The molecule has 1 aliphatic rings. The van der Waals surface area contributed by atoms with E-state index < -0.39 is 0 Å². The summed E-state index contributed by atoms with van der Waals surface area (Å²) in [7, 11) is 1.79. The van der Waals surface area contributed by atoms with Crippen LogP contribution in [0.3, 0.4) is 0 Å². The predicted octanol–water partition coefficient (Wildman–Crippen LogP) is 1.14. The van der Waals surface area contributed by atoms with Crippen LogP contribution in [0.2, 0.25) is 0 Å². The second-order valence-electron chi connectivity index (χ2n) is 5.72. The number of rotatable bonds is 8. The minimum Gasteiger partial charge on any atom is -0.382 e. The molecule has 0 bridgehead atoms. The molecule has 2 heterocycles. The molecule has 1 aromatic heterocycles. The van der Waals surface area contributed by atoms with Gasteiger partial charge in [0.2, 0.25) is 0 Å². The third kappa shape index (κ3) is 5.82. The smallest absolute Gasteiger partial charge is 0.190 e. The number of guanidine groups is 1. The Morgan fingerprint density at radius 1 is 1.22 bits per heavy atom. The summed E-state index contributed by atoms with van der Waals surface area (Å²) in [4.78, 5) is 4.24. The molecule has 1 aromatic rings. The molecular formula is C16H30N6O. The van der Waals surface area contributed by atoms with Crippen LogP contribution in [0.15, 0.2) is 4.99 Å². The first kappa shape index (κ1) is 17.7. The fourth-order valence-corrected chi connectivity index (χ4v) is 2.77. The van der Waals surface area contributed by atoms with E-state index in [0.717, 1.165) is 69.7 Å². The summed E-state index contributed by atoms with van der Waals surface area (Å²) in [5.41, 5.74) is 0. The molecule has 0 amide bonds. The van der Waals surface area contributed by atoms with Crippen LogP contribution < -0.4 is 10.6 Å². The second-order valence-corrected chi connectivity index (χ2v) is 5.72. The number of fused-ring (bicyclic) bond motifs is 1. The Balaban J connectivity index is 1.70. The Labute approximate surface area is 138 Å². The van der Waals surface area contributed by atoms with Gasteiger partial charge in [-0.1, -0.05) is 6.42 Å². The van der Waals surface area contributed by atoms with Crippen LogP contribution in [0, 0.1) is 0 Å². The van der Waals surface area contributed by atoms with Gasteiger partial charge in [-0.15, -0.1) is 10.2 Å². The van der Waals surface area contributed by atoms with Crippen molar-refractivity contribution < 1.29 is 4.74 Å². The summed E-state index contributed by atoms with van der Waals surface area (Å²) in [6.07, 6.45) is 6.66. The molecule has 0 atom stereocenters. The number of hydrogen-bond acceptors (Lipinski definition) is 4. The number of aliphatic imine (C=N–C) groups is 1. The molecule has 0 aliphatic carbocycles. The molecule has 7 nitrogen and oxygen atoms in total. The topological polar surface area (TPSA) is 76.4 Å². The Hall–Kier alpha value is -1.63. The quantitative estimate of drug-likeness (QED) is 0.426. The Bertz CT molecular complexity index is 485. The number of aromatic nitrogens is 3. The first-order chi connectivity index (χ1) is 11.3. The van der Waals surface area contributed by atoms with Gasteiger partial charge in [-0.2, -0.15) is 0 Å². The molecule has 0 saturated carbocycles.